The lowest BCUT2D eigenvalue weighted by atomic mass is 10.1. The molecule has 3 rings (SSSR count). The van der Waals surface area contributed by atoms with Crippen molar-refractivity contribution >= 4 is 10.0 Å². The Balaban J connectivity index is 1.50. The predicted octanol–water partition coefficient (Wildman–Crippen LogP) is 1.67. The first-order valence-corrected chi connectivity index (χ1v) is 10.6. The van der Waals surface area contributed by atoms with Crippen LogP contribution in [0.1, 0.15) is 19.8 Å². The molecular weight excluding hydrogens is 399 g/mol. The first-order valence-electron chi connectivity index (χ1n) is 9.01. The zero-order valence-electron chi connectivity index (χ0n) is 15.5. The molecule has 0 bridgehead atoms. The summed E-state index contributed by atoms with van der Waals surface area (Å²) in [6.07, 6.45) is -3.89. The van der Waals surface area contributed by atoms with Gasteiger partial charge in [-0.25, -0.2) is 12.7 Å². The normalized spacial score (nSPS) is 25.0. The number of hydrogen-bond donors (Lipinski definition) is 2. The van der Waals surface area contributed by atoms with Gasteiger partial charge in [-0.3, -0.25) is 5.32 Å². The van der Waals surface area contributed by atoms with Gasteiger partial charge in [0.25, 0.3) is 0 Å². The number of halogens is 3. The highest BCUT2D eigenvalue weighted by molar-refractivity contribution is 7.89. The minimum Gasteiger partial charge on any atom is -0.490 e. The summed E-state index contributed by atoms with van der Waals surface area (Å²) in [5, 5.41) is 6.27. The Hall–Kier alpha value is -1.56. The highest BCUT2D eigenvalue weighted by atomic mass is 32.2. The lowest BCUT2D eigenvalue weighted by Crippen LogP contribution is -2.51. The second kappa shape index (κ2) is 8.05. The second-order valence-corrected chi connectivity index (χ2v) is 9.30. The molecule has 158 valence electrons. The van der Waals surface area contributed by atoms with E-state index in [-0.39, 0.29) is 17.6 Å². The van der Waals surface area contributed by atoms with Gasteiger partial charge < -0.3 is 14.8 Å². The van der Waals surface area contributed by atoms with E-state index in [4.69, 9.17) is 4.74 Å². The van der Waals surface area contributed by atoms with Crippen LogP contribution in [0.4, 0.5) is 13.2 Å². The van der Waals surface area contributed by atoms with Crippen molar-refractivity contribution in [3.05, 3.63) is 24.3 Å². The summed E-state index contributed by atoms with van der Waals surface area (Å²) in [6, 6.07) is 5.19. The smallest absolute Gasteiger partial charge is 0.490 e. The summed E-state index contributed by atoms with van der Waals surface area (Å²) in [5.74, 6) is 0.132. The summed E-state index contributed by atoms with van der Waals surface area (Å²) in [6.45, 7) is 3.78. The van der Waals surface area contributed by atoms with Gasteiger partial charge in [-0.2, -0.15) is 0 Å². The number of nitrogens with one attached hydrogen (secondary N) is 2. The maximum atomic E-state index is 12.7. The van der Waals surface area contributed by atoms with Gasteiger partial charge in [-0.1, -0.05) is 0 Å². The van der Waals surface area contributed by atoms with Gasteiger partial charge in [0.2, 0.25) is 10.0 Å². The van der Waals surface area contributed by atoms with Gasteiger partial charge in [0.05, 0.1) is 5.75 Å². The van der Waals surface area contributed by atoms with Gasteiger partial charge in [-0.15, -0.1) is 13.2 Å². The molecule has 0 spiro atoms. The zero-order chi connectivity index (χ0) is 20.4. The van der Waals surface area contributed by atoms with Crippen molar-refractivity contribution < 1.29 is 31.1 Å². The number of alkyl halides is 3. The summed E-state index contributed by atoms with van der Waals surface area (Å²) in [4.78, 5) is 0. The van der Waals surface area contributed by atoms with Crippen LogP contribution in [0.2, 0.25) is 0 Å². The summed E-state index contributed by atoms with van der Waals surface area (Å²) < 4.78 is 73.0. The van der Waals surface area contributed by atoms with Crippen molar-refractivity contribution in [2.24, 2.45) is 0 Å². The maximum Gasteiger partial charge on any atom is 0.573 e. The molecule has 0 unspecified atom stereocenters. The van der Waals surface area contributed by atoms with E-state index in [9.17, 15) is 21.6 Å². The number of nitrogens with zero attached hydrogens (tertiary/aromatic N) is 1. The summed E-state index contributed by atoms with van der Waals surface area (Å²) in [7, 11) is -3.39. The SMILES string of the molecule is C[C@@]1(CS(=O)(=O)N2CCC(Oc3ccc(OC(F)(F)F)cc3)CC2)CNCN1. The maximum absolute atomic E-state index is 12.7. The molecule has 1 aromatic rings. The van der Waals surface area contributed by atoms with E-state index in [2.05, 4.69) is 15.4 Å². The van der Waals surface area contributed by atoms with E-state index in [1.165, 1.54) is 28.6 Å². The van der Waals surface area contributed by atoms with Crippen LogP contribution in [-0.2, 0) is 10.0 Å². The van der Waals surface area contributed by atoms with Crippen molar-refractivity contribution in [3.63, 3.8) is 0 Å². The number of rotatable bonds is 6. The molecule has 28 heavy (non-hydrogen) atoms. The molecule has 11 heteroatoms. The lowest BCUT2D eigenvalue weighted by Gasteiger charge is -2.34. The molecule has 2 N–H and O–H groups in total. The molecule has 0 radical (unpaired) electrons. The molecule has 0 saturated carbocycles. The van der Waals surface area contributed by atoms with Crippen molar-refractivity contribution in [1.82, 2.24) is 14.9 Å². The summed E-state index contributed by atoms with van der Waals surface area (Å²) >= 11 is 0. The van der Waals surface area contributed by atoms with Crippen molar-refractivity contribution in [1.29, 1.82) is 0 Å². The molecule has 2 fully saturated rings. The van der Waals surface area contributed by atoms with Gasteiger partial charge in [-0.05, 0) is 44.0 Å². The Kier molecular flexibility index (Phi) is 6.08. The number of piperidine rings is 1. The average Bonchev–Trinajstić information content (AvgIpc) is 3.01. The number of sulfonamides is 1. The van der Waals surface area contributed by atoms with Crippen LogP contribution in [0.5, 0.6) is 11.5 Å². The molecule has 1 atom stereocenters. The fourth-order valence-corrected chi connectivity index (χ4v) is 5.37. The minimum absolute atomic E-state index is 0.0270. The fourth-order valence-electron chi connectivity index (χ4n) is 3.41. The zero-order valence-corrected chi connectivity index (χ0v) is 16.3. The van der Waals surface area contributed by atoms with Gasteiger partial charge in [0.15, 0.2) is 0 Å². The molecule has 2 saturated heterocycles. The molecule has 2 aliphatic rings. The van der Waals surface area contributed by atoms with Crippen molar-refractivity contribution in [2.45, 2.75) is 37.8 Å². The van der Waals surface area contributed by atoms with Crippen molar-refractivity contribution in [2.75, 3.05) is 32.1 Å². The topological polar surface area (TPSA) is 79.9 Å². The molecule has 0 aromatic heterocycles. The van der Waals surface area contributed by atoms with E-state index < -0.39 is 21.9 Å². The highest BCUT2D eigenvalue weighted by Crippen LogP contribution is 2.27. The molecular formula is C17H24F3N3O4S. The van der Waals surface area contributed by atoms with Crippen LogP contribution < -0.4 is 20.1 Å². The van der Waals surface area contributed by atoms with Gasteiger partial charge >= 0.3 is 6.36 Å². The Labute approximate surface area is 162 Å². The first-order chi connectivity index (χ1) is 13.0. The lowest BCUT2D eigenvalue weighted by molar-refractivity contribution is -0.274. The highest BCUT2D eigenvalue weighted by Gasteiger charge is 2.37. The van der Waals surface area contributed by atoms with Crippen LogP contribution in [0.3, 0.4) is 0 Å². The Morgan fingerprint density at radius 2 is 1.79 bits per heavy atom. The van der Waals surface area contributed by atoms with Crippen LogP contribution in [0, 0.1) is 0 Å². The van der Waals surface area contributed by atoms with Gasteiger partial charge in [0.1, 0.15) is 17.6 Å². The predicted molar refractivity (Wildman–Crippen MR) is 96.5 cm³/mol. The third-order valence-electron chi connectivity index (χ3n) is 4.81. The fraction of sp³-hybridized carbons (Fsp3) is 0.647. The Morgan fingerprint density at radius 1 is 1.18 bits per heavy atom. The van der Waals surface area contributed by atoms with Crippen LogP contribution in [0.25, 0.3) is 0 Å². The number of hydrogen-bond acceptors (Lipinski definition) is 6. The molecule has 0 aliphatic carbocycles. The Morgan fingerprint density at radius 3 is 2.32 bits per heavy atom. The molecule has 7 nitrogen and oxygen atoms in total. The largest absolute Gasteiger partial charge is 0.573 e. The average molecular weight is 423 g/mol. The van der Waals surface area contributed by atoms with E-state index in [0.29, 0.717) is 44.9 Å². The van der Waals surface area contributed by atoms with E-state index in [1.54, 1.807) is 0 Å². The quantitative estimate of drug-likeness (QED) is 0.725. The standard InChI is InChI=1S/C17H24F3N3O4S/c1-16(10-21-12-22-16)11-28(24,25)23-8-6-14(7-9-23)26-13-2-4-15(5-3-13)27-17(18,19)20/h2-5,14,21-22H,6-12H2,1H3/t16-/m0/s1. The third-order valence-corrected chi connectivity index (χ3v) is 6.96. The van der Waals surface area contributed by atoms with Crippen LogP contribution in [0.15, 0.2) is 24.3 Å². The summed E-state index contributed by atoms with van der Waals surface area (Å²) in [5.41, 5.74) is -0.480. The molecule has 2 heterocycles. The number of ether oxygens (including phenoxy) is 2. The van der Waals surface area contributed by atoms with Crippen LogP contribution >= 0.6 is 0 Å². The molecule has 2 aliphatic heterocycles. The number of benzene rings is 1. The monoisotopic (exact) mass is 423 g/mol. The van der Waals surface area contributed by atoms with Gasteiger partial charge in [0, 0.05) is 31.8 Å². The second-order valence-electron chi connectivity index (χ2n) is 7.33. The molecule has 0 amide bonds. The van der Waals surface area contributed by atoms with Crippen LogP contribution in [-0.4, -0.2) is 62.8 Å². The molecule has 1 aromatic carbocycles. The van der Waals surface area contributed by atoms with Crippen molar-refractivity contribution in [3.8, 4) is 11.5 Å². The minimum atomic E-state index is -4.73. The van der Waals surface area contributed by atoms with E-state index in [1.807, 2.05) is 6.92 Å². The Bertz CT molecular complexity index is 757. The van der Waals surface area contributed by atoms with E-state index in [0.717, 1.165) is 0 Å². The van der Waals surface area contributed by atoms with E-state index >= 15 is 0 Å². The first kappa shape index (κ1) is 21.2. The third kappa shape index (κ3) is 5.72.